The summed E-state index contributed by atoms with van der Waals surface area (Å²) < 4.78 is 0. The van der Waals surface area contributed by atoms with Gasteiger partial charge in [-0.15, -0.1) is 0 Å². The van der Waals surface area contributed by atoms with Crippen LogP contribution in [-0.2, 0) is 75.2 Å². The van der Waals surface area contributed by atoms with E-state index in [2.05, 4.69) is 75.4 Å². The number of benzene rings is 1. The maximum atomic E-state index is 14.5. The van der Waals surface area contributed by atoms with Gasteiger partial charge >= 0.3 is 17.9 Å². The molecule has 1 aromatic carbocycles. The molecule has 3 heterocycles. The van der Waals surface area contributed by atoms with Crippen molar-refractivity contribution >= 4 is 101 Å². The van der Waals surface area contributed by atoms with Crippen LogP contribution in [0.3, 0.4) is 0 Å². The number of carboxylic acid groups (broad SMARTS) is 3. The molecule has 0 radical (unpaired) electrons. The van der Waals surface area contributed by atoms with Crippen LogP contribution in [0.2, 0.25) is 0 Å². The maximum absolute atomic E-state index is 14.5. The number of fused-ring (bicyclic) bond motifs is 1. The fraction of sp³-hybridized carbons (Fsp3) is 0.547. The van der Waals surface area contributed by atoms with E-state index in [1.54, 1.807) is 58.2 Å². The first kappa shape index (κ1) is 68.8. The Hall–Kier alpha value is -8.65. The zero-order valence-electron chi connectivity index (χ0n) is 47.5. The highest BCUT2D eigenvalue weighted by Crippen LogP contribution is 2.21. The second-order valence-corrected chi connectivity index (χ2v) is 21.5. The number of aromatic amines is 2. The Morgan fingerprint density at radius 3 is 1.84 bits per heavy atom. The number of carboxylic acids is 3. The smallest absolute Gasteiger partial charge is 0.326 e. The molecule has 1 saturated heterocycles. The van der Waals surface area contributed by atoms with Gasteiger partial charge in [0.2, 0.25) is 59.1 Å². The molecule has 31 nitrogen and oxygen atoms in total. The van der Waals surface area contributed by atoms with Crippen LogP contribution in [0, 0.1) is 11.8 Å². The van der Waals surface area contributed by atoms with Gasteiger partial charge in [0.15, 0.2) is 0 Å². The number of aliphatic hydroxyl groups is 1. The maximum Gasteiger partial charge on any atom is 0.326 e. The molecule has 10 atom stereocenters. The molecule has 1 aliphatic rings. The molecule has 0 aliphatic carbocycles. The lowest BCUT2D eigenvalue weighted by atomic mass is 9.99. The van der Waals surface area contributed by atoms with Gasteiger partial charge in [0, 0.05) is 60.6 Å². The minimum absolute atomic E-state index is 0.0953. The molecule has 32 heteroatoms. The number of carbonyl (C=O) groups is 13. The molecule has 1 fully saturated rings. The summed E-state index contributed by atoms with van der Waals surface area (Å²) in [5.74, 6) is -14.7. The Morgan fingerprint density at radius 1 is 0.682 bits per heavy atom. The van der Waals surface area contributed by atoms with Gasteiger partial charge in [0.1, 0.15) is 48.3 Å². The van der Waals surface area contributed by atoms with E-state index in [1.807, 2.05) is 0 Å². The number of nitrogens with zero attached hydrogens (tertiary/aromatic N) is 2. The van der Waals surface area contributed by atoms with E-state index in [9.17, 15) is 77.6 Å². The molecular weight excluding hydrogens is 1140 g/mol. The van der Waals surface area contributed by atoms with Crippen LogP contribution in [0.15, 0.2) is 43.0 Å². The summed E-state index contributed by atoms with van der Waals surface area (Å²) in [6.07, 6.45) is 1.31. The van der Waals surface area contributed by atoms with Crippen LogP contribution in [0.1, 0.15) is 84.4 Å². The van der Waals surface area contributed by atoms with Crippen molar-refractivity contribution in [2.75, 3.05) is 25.4 Å². The number of para-hydroxylation sites is 1. The Morgan fingerprint density at radius 2 is 1.26 bits per heavy atom. The lowest BCUT2D eigenvalue weighted by molar-refractivity contribution is -0.149. The largest absolute Gasteiger partial charge is 0.481 e. The van der Waals surface area contributed by atoms with Gasteiger partial charge in [-0.2, -0.15) is 12.6 Å². The number of hydrogen-bond acceptors (Lipinski definition) is 17. The molecule has 10 amide bonds. The molecule has 2 aromatic heterocycles. The molecule has 3 aromatic rings. The van der Waals surface area contributed by atoms with Crippen LogP contribution >= 0.6 is 12.6 Å². The van der Waals surface area contributed by atoms with E-state index in [1.165, 1.54) is 17.4 Å². The highest BCUT2D eigenvalue weighted by molar-refractivity contribution is 7.80. The van der Waals surface area contributed by atoms with Crippen molar-refractivity contribution in [3.8, 4) is 0 Å². The molecule has 85 heavy (non-hydrogen) atoms. The monoisotopic (exact) mass is 1210 g/mol. The molecule has 0 saturated carbocycles. The molecular formula is C53H76N14O17S. The van der Waals surface area contributed by atoms with Crippen molar-refractivity contribution in [3.05, 3.63) is 54.2 Å². The number of hydrogen-bond donors (Lipinski definition) is 17. The summed E-state index contributed by atoms with van der Waals surface area (Å²) in [4.78, 5) is 182. The third kappa shape index (κ3) is 21.5. The first-order chi connectivity index (χ1) is 40.1. The number of aliphatic carboxylic acids is 3. The number of nitrogens with two attached hydrogens (primary N) is 1. The Labute approximate surface area is 493 Å². The second-order valence-electron chi connectivity index (χ2n) is 21.1. The second kappa shape index (κ2) is 33.0. The highest BCUT2D eigenvalue weighted by Gasteiger charge is 2.39. The average molecular weight is 1210 g/mol. The summed E-state index contributed by atoms with van der Waals surface area (Å²) in [7, 11) is 0. The number of rotatable bonds is 34. The lowest BCUT2D eigenvalue weighted by Crippen LogP contribution is -2.60. The SMILES string of the molecule is CC(C)C[C@H](NC(=O)[C@H](CC(=O)O)NC(=O)CNC(=O)[C@@H](NC(=O)[C@@H](N)CCC(=O)O)[C@@H](C)O)C(=O)N[C@@H](Cc1c[nH]c2ccccc12)C(=O)N[C@H](C(=O)NCC(=O)N[C@@H](CS)C(=O)N[C@@H](Cc1cnc[nH]1)C(=O)N1CCC[C@H]1C(=O)O)C(C)C. The van der Waals surface area contributed by atoms with Crippen molar-refractivity contribution < 1.29 is 82.8 Å². The number of aromatic nitrogens is 3. The van der Waals surface area contributed by atoms with Crippen molar-refractivity contribution in [2.24, 2.45) is 17.6 Å². The third-order valence-corrected chi connectivity index (χ3v) is 13.9. The van der Waals surface area contributed by atoms with E-state index in [4.69, 9.17) is 10.8 Å². The third-order valence-electron chi connectivity index (χ3n) is 13.5. The van der Waals surface area contributed by atoms with Crippen LogP contribution in [-0.4, -0.2) is 203 Å². The van der Waals surface area contributed by atoms with Crippen LogP contribution < -0.4 is 53.6 Å². The van der Waals surface area contributed by atoms with Crippen molar-refractivity contribution in [1.29, 1.82) is 0 Å². The van der Waals surface area contributed by atoms with E-state index in [-0.39, 0.29) is 50.3 Å². The lowest BCUT2D eigenvalue weighted by Gasteiger charge is -2.28. The number of aliphatic hydroxyl groups excluding tert-OH is 1. The average Bonchev–Trinajstić information content (AvgIpc) is 4.30. The Balaban J connectivity index is 1.47. The van der Waals surface area contributed by atoms with Gasteiger partial charge in [-0.1, -0.05) is 45.9 Å². The molecule has 1 aliphatic heterocycles. The van der Waals surface area contributed by atoms with Gasteiger partial charge in [-0.25, -0.2) is 9.78 Å². The molecule has 17 N–H and O–H groups in total. The fourth-order valence-corrected chi connectivity index (χ4v) is 9.30. The minimum atomic E-state index is -1.86. The Bertz CT molecular complexity index is 2880. The van der Waals surface area contributed by atoms with E-state index in [0.717, 1.165) is 6.92 Å². The number of likely N-dealkylation sites (tertiary alicyclic amines) is 1. The highest BCUT2D eigenvalue weighted by atomic mass is 32.1. The number of nitrogens with one attached hydrogen (secondary N) is 11. The number of carbonyl (C=O) groups excluding carboxylic acids is 10. The van der Waals surface area contributed by atoms with Crippen molar-refractivity contribution in [3.63, 3.8) is 0 Å². The molecule has 0 bridgehead atoms. The van der Waals surface area contributed by atoms with E-state index < -0.39 is 169 Å². The topological polar surface area (TPSA) is 485 Å². The molecule has 0 spiro atoms. The fourth-order valence-electron chi connectivity index (χ4n) is 9.04. The van der Waals surface area contributed by atoms with Gasteiger partial charge in [0.25, 0.3) is 0 Å². The van der Waals surface area contributed by atoms with E-state index >= 15 is 0 Å². The van der Waals surface area contributed by atoms with Crippen LogP contribution in [0.5, 0.6) is 0 Å². The van der Waals surface area contributed by atoms with Crippen LogP contribution in [0.4, 0.5) is 0 Å². The molecule has 0 unspecified atom stereocenters. The van der Waals surface area contributed by atoms with Gasteiger partial charge in [-0.3, -0.25) is 57.5 Å². The van der Waals surface area contributed by atoms with E-state index in [0.29, 0.717) is 28.6 Å². The predicted molar refractivity (Wildman–Crippen MR) is 303 cm³/mol. The van der Waals surface area contributed by atoms with Crippen molar-refractivity contribution in [1.82, 2.24) is 67.7 Å². The summed E-state index contributed by atoms with van der Waals surface area (Å²) in [6.45, 7) is 6.22. The van der Waals surface area contributed by atoms with Gasteiger partial charge < -0.3 is 88.9 Å². The summed E-state index contributed by atoms with van der Waals surface area (Å²) in [5.41, 5.74) is 7.37. The van der Waals surface area contributed by atoms with Gasteiger partial charge in [-0.05, 0) is 56.1 Å². The number of imidazole rings is 1. The summed E-state index contributed by atoms with van der Waals surface area (Å²) >= 11 is 4.21. The normalized spacial score (nSPS) is 16.2. The Kier molecular flexibility index (Phi) is 26.7. The summed E-state index contributed by atoms with van der Waals surface area (Å²) in [6, 6.07) is -5.93. The minimum Gasteiger partial charge on any atom is -0.481 e. The molecule has 466 valence electrons. The first-order valence-corrected chi connectivity index (χ1v) is 27.9. The summed E-state index contributed by atoms with van der Waals surface area (Å²) in [5, 5.41) is 60.9. The standard InChI is InChI=1S/C53H76N14O17S/c1-25(2)15-33(62-47(77)35(18-42(73)74)60-39(69)21-58-51(81)44(27(5)68)66-45(75)31(54)12-13-41(71)72)46(76)63-34(16-28-19-56-32-10-7-6-9-30(28)32)48(78)65-43(26(3)4)50(80)57-22-40(70)61-37(23-85)49(79)64-36(17-29-20-55-24-59-29)52(82)67-14-8-11-38(67)53(83)84/h6-7,9-10,19-20,24-27,31,33-38,43-44,56,68,85H,8,11-18,21-23,54H2,1-5H3,(H,55,59)(H,57,80)(H,58,81)(H,60,69)(H,61,70)(H,62,77)(H,63,76)(H,64,79)(H,65,78)(H,66,75)(H,71,72)(H,73,74)(H,83,84)/t27-,31+,33+,34+,35+,36+,37+,38+,43+,44+/m1/s1. The van der Waals surface area contributed by atoms with Gasteiger partial charge in [0.05, 0.1) is 38.0 Å². The number of H-pyrrole nitrogens is 2. The van der Waals surface area contributed by atoms with Crippen molar-refractivity contribution in [2.45, 2.75) is 146 Å². The molecule has 4 rings (SSSR count). The number of thiol groups is 1. The number of amides is 10. The zero-order chi connectivity index (χ0) is 63.2. The van der Waals surface area contributed by atoms with Crippen LogP contribution in [0.25, 0.3) is 10.9 Å². The quantitative estimate of drug-likeness (QED) is 0.0254. The predicted octanol–water partition coefficient (Wildman–Crippen LogP) is -3.94. The zero-order valence-corrected chi connectivity index (χ0v) is 48.4. The first-order valence-electron chi connectivity index (χ1n) is 27.3.